The zero-order valence-corrected chi connectivity index (χ0v) is 12.3. The molecule has 0 aliphatic rings. The Kier molecular flexibility index (Phi) is 4.80. The lowest BCUT2D eigenvalue weighted by Gasteiger charge is -2.04. The Morgan fingerprint density at radius 2 is 2.05 bits per heavy atom. The average Bonchev–Trinajstić information content (AvgIpc) is 2.80. The first-order valence-electron chi connectivity index (χ1n) is 6.07. The second-order valence-electron chi connectivity index (χ2n) is 4.48. The van der Waals surface area contributed by atoms with Crippen LogP contribution in [0.25, 0.3) is 11.5 Å². The average molecular weight is 300 g/mol. The van der Waals surface area contributed by atoms with Crippen LogP contribution in [0, 0.1) is 0 Å². The van der Waals surface area contributed by atoms with Crippen molar-refractivity contribution < 1.29 is 4.42 Å². The fourth-order valence-electron chi connectivity index (χ4n) is 1.59. The van der Waals surface area contributed by atoms with Crippen molar-refractivity contribution in [2.75, 3.05) is 6.54 Å². The molecule has 0 saturated carbocycles. The van der Waals surface area contributed by atoms with E-state index < -0.39 is 0 Å². The maximum Gasteiger partial charge on any atom is 0.249 e. The quantitative estimate of drug-likeness (QED) is 0.917. The van der Waals surface area contributed by atoms with E-state index in [0.29, 0.717) is 39.9 Å². The molecule has 0 aliphatic heterocycles. The molecule has 1 heterocycles. The summed E-state index contributed by atoms with van der Waals surface area (Å²) in [5, 5.41) is 12.4. The molecule has 0 spiro atoms. The molecule has 6 heteroatoms. The molecule has 0 saturated heterocycles. The van der Waals surface area contributed by atoms with Crippen LogP contribution in [0.4, 0.5) is 0 Å². The largest absolute Gasteiger partial charge is 0.421 e. The van der Waals surface area contributed by atoms with Gasteiger partial charge in [-0.2, -0.15) is 0 Å². The van der Waals surface area contributed by atoms with Crippen molar-refractivity contribution in [2.24, 2.45) is 0 Å². The third-order valence-electron chi connectivity index (χ3n) is 2.52. The summed E-state index contributed by atoms with van der Waals surface area (Å²) in [6.45, 7) is 4.97. The van der Waals surface area contributed by atoms with Gasteiger partial charge in [0.25, 0.3) is 0 Å². The van der Waals surface area contributed by atoms with Gasteiger partial charge in [0.2, 0.25) is 11.8 Å². The highest BCUT2D eigenvalue weighted by atomic mass is 35.5. The maximum absolute atomic E-state index is 6.09. The molecule has 102 valence electrons. The number of nitrogens with zero attached hydrogens (tertiary/aromatic N) is 2. The molecule has 1 aromatic carbocycles. The molecule has 0 fully saturated rings. The lowest BCUT2D eigenvalue weighted by molar-refractivity contribution is 0.484. The van der Waals surface area contributed by atoms with Crippen LogP contribution in [0.3, 0.4) is 0 Å². The number of halogens is 2. The van der Waals surface area contributed by atoms with Gasteiger partial charge in [-0.3, -0.25) is 0 Å². The van der Waals surface area contributed by atoms with Crippen molar-refractivity contribution in [3.8, 4) is 11.5 Å². The second kappa shape index (κ2) is 6.37. The van der Waals surface area contributed by atoms with Crippen molar-refractivity contribution in [1.82, 2.24) is 15.5 Å². The van der Waals surface area contributed by atoms with Crippen molar-refractivity contribution in [1.29, 1.82) is 0 Å². The van der Waals surface area contributed by atoms with Crippen LogP contribution < -0.4 is 5.32 Å². The van der Waals surface area contributed by atoms with Crippen LogP contribution in [-0.2, 0) is 6.42 Å². The van der Waals surface area contributed by atoms with Gasteiger partial charge >= 0.3 is 0 Å². The predicted octanol–water partition coefficient (Wildman–Crippen LogP) is 3.58. The van der Waals surface area contributed by atoms with Gasteiger partial charge in [-0.25, -0.2) is 0 Å². The smallest absolute Gasteiger partial charge is 0.249 e. The van der Waals surface area contributed by atoms with Gasteiger partial charge in [0.1, 0.15) is 0 Å². The first kappa shape index (κ1) is 14.3. The summed E-state index contributed by atoms with van der Waals surface area (Å²) in [4.78, 5) is 0. The van der Waals surface area contributed by atoms with Gasteiger partial charge in [0.05, 0.1) is 10.6 Å². The van der Waals surface area contributed by atoms with E-state index in [1.165, 1.54) is 0 Å². The van der Waals surface area contributed by atoms with Crippen molar-refractivity contribution in [3.05, 3.63) is 34.1 Å². The Labute approximate surface area is 122 Å². The Morgan fingerprint density at radius 3 is 2.79 bits per heavy atom. The summed E-state index contributed by atoms with van der Waals surface area (Å²) in [5.41, 5.74) is 0.657. The molecule has 1 N–H and O–H groups in total. The van der Waals surface area contributed by atoms with Crippen LogP contribution in [0.15, 0.2) is 22.6 Å². The number of benzene rings is 1. The van der Waals surface area contributed by atoms with Crippen molar-refractivity contribution in [2.45, 2.75) is 26.3 Å². The van der Waals surface area contributed by atoms with E-state index >= 15 is 0 Å². The first-order chi connectivity index (χ1) is 9.06. The summed E-state index contributed by atoms with van der Waals surface area (Å²) >= 11 is 12.0. The molecular weight excluding hydrogens is 285 g/mol. The summed E-state index contributed by atoms with van der Waals surface area (Å²) in [6.07, 6.45) is 0.684. The van der Waals surface area contributed by atoms with Crippen molar-refractivity contribution in [3.63, 3.8) is 0 Å². The molecule has 0 amide bonds. The van der Waals surface area contributed by atoms with Gasteiger partial charge in [0.15, 0.2) is 0 Å². The summed E-state index contributed by atoms with van der Waals surface area (Å²) in [6, 6.07) is 5.58. The van der Waals surface area contributed by atoms with Crippen LogP contribution in [0.2, 0.25) is 10.0 Å². The Bertz CT molecular complexity index is 555. The van der Waals surface area contributed by atoms with E-state index in [0.717, 1.165) is 6.54 Å². The lowest BCUT2D eigenvalue weighted by atomic mass is 10.2. The Morgan fingerprint density at radius 1 is 1.26 bits per heavy atom. The molecule has 2 aromatic rings. The minimum atomic E-state index is 0.395. The molecule has 19 heavy (non-hydrogen) atoms. The minimum absolute atomic E-state index is 0.395. The van der Waals surface area contributed by atoms with Crippen LogP contribution in [0.5, 0.6) is 0 Å². The van der Waals surface area contributed by atoms with E-state index in [1.807, 2.05) is 0 Å². The predicted molar refractivity (Wildman–Crippen MR) is 76.6 cm³/mol. The highest BCUT2D eigenvalue weighted by Gasteiger charge is 2.12. The highest BCUT2D eigenvalue weighted by Crippen LogP contribution is 2.29. The monoisotopic (exact) mass is 299 g/mol. The van der Waals surface area contributed by atoms with E-state index in [-0.39, 0.29) is 0 Å². The fourth-order valence-corrected chi connectivity index (χ4v) is 1.96. The summed E-state index contributed by atoms with van der Waals surface area (Å²) < 4.78 is 5.58. The Balaban J connectivity index is 2.10. The Hall–Kier alpha value is -1.10. The van der Waals surface area contributed by atoms with Gasteiger partial charge in [-0.05, 0) is 18.2 Å². The third kappa shape index (κ3) is 3.93. The van der Waals surface area contributed by atoms with Crippen LogP contribution in [-0.4, -0.2) is 22.8 Å². The number of aromatic nitrogens is 2. The molecule has 0 aliphatic carbocycles. The minimum Gasteiger partial charge on any atom is -0.421 e. The standard InChI is InChI=1S/C13H15Cl2N3O/c1-8(2)16-6-5-12-17-18-13(19-12)10-7-9(14)3-4-11(10)15/h3-4,7-8,16H,5-6H2,1-2H3. The lowest BCUT2D eigenvalue weighted by Crippen LogP contribution is -2.25. The van der Waals surface area contributed by atoms with Crippen LogP contribution >= 0.6 is 23.2 Å². The highest BCUT2D eigenvalue weighted by molar-refractivity contribution is 6.35. The molecular formula is C13H15Cl2N3O. The van der Waals surface area contributed by atoms with Crippen molar-refractivity contribution >= 4 is 23.2 Å². The third-order valence-corrected chi connectivity index (χ3v) is 3.08. The molecule has 2 rings (SSSR count). The first-order valence-corrected chi connectivity index (χ1v) is 6.83. The topological polar surface area (TPSA) is 51.0 Å². The second-order valence-corrected chi connectivity index (χ2v) is 5.33. The van der Waals surface area contributed by atoms with Gasteiger partial charge in [-0.15, -0.1) is 10.2 Å². The molecule has 4 nitrogen and oxygen atoms in total. The normalized spacial score (nSPS) is 11.2. The number of hydrogen-bond acceptors (Lipinski definition) is 4. The molecule has 0 bridgehead atoms. The van der Waals surface area contributed by atoms with E-state index in [4.69, 9.17) is 27.6 Å². The van der Waals surface area contributed by atoms with E-state index in [1.54, 1.807) is 18.2 Å². The zero-order valence-electron chi connectivity index (χ0n) is 10.8. The molecule has 0 radical (unpaired) electrons. The van der Waals surface area contributed by atoms with Gasteiger partial charge in [-0.1, -0.05) is 37.0 Å². The van der Waals surface area contributed by atoms with Gasteiger partial charge in [0, 0.05) is 24.0 Å². The maximum atomic E-state index is 6.09. The molecule has 1 aromatic heterocycles. The van der Waals surface area contributed by atoms with E-state index in [2.05, 4.69) is 29.4 Å². The molecule has 0 unspecified atom stereocenters. The zero-order chi connectivity index (χ0) is 13.8. The summed E-state index contributed by atoms with van der Waals surface area (Å²) in [7, 11) is 0. The number of nitrogens with one attached hydrogen (secondary N) is 1. The fraction of sp³-hybridized carbons (Fsp3) is 0.385. The van der Waals surface area contributed by atoms with Gasteiger partial charge < -0.3 is 9.73 Å². The molecule has 0 atom stereocenters. The van der Waals surface area contributed by atoms with E-state index in [9.17, 15) is 0 Å². The number of rotatable bonds is 5. The SMILES string of the molecule is CC(C)NCCc1nnc(-c2cc(Cl)ccc2Cl)o1. The number of hydrogen-bond donors (Lipinski definition) is 1. The summed E-state index contributed by atoms with van der Waals surface area (Å²) in [5.74, 6) is 0.978. The van der Waals surface area contributed by atoms with Crippen LogP contribution in [0.1, 0.15) is 19.7 Å².